The number of hydrogen-bond donors (Lipinski definition) is 1. The highest BCUT2D eigenvalue weighted by Crippen LogP contribution is 2.24. The van der Waals surface area contributed by atoms with Gasteiger partial charge >= 0.3 is 0 Å². The van der Waals surface area contributed by atoms with Gasteiger partial charge in [-0.1, -0.05) is 48.9 Å². The number of carbonyl (C=O) groups is 2. The first kappa shape index (κ1) is 30.0. The molecule has 1 aliphatic carbocycles. The summed E-state index contributed by atoms with van der Waals surface area (Å²) in [7, 11) is 0. The fourth-order valence-electron chi connectivity index (χ4n) is 5.07. The molecule has 4 rings (SSSR count). The Morgan fingerprint density at radius 3 is 2.56 bits per heavy atom. The van der Waals surface area contributed by atoms with Gasteiger partial charge in [0.15, 0.2) is 5.78 Å². The van der Waals surface area contributed by atoms with Crippen LogP contribution in [-0.2, 0) is 14.3 Å². The second-order valence-electron chi connectivity index (χ2n) is 10.8. The predicted octanol–water partition coefficient (Wildman–Crippen LogP) is 6.28. The van der Waals surface area contributed by atoms with E-state index in [0.29, 0.717) is 43.6 Å². The number of halogens is 1. The first-order chi connectivity index (χ1) is 19.8. The van der Waals surface area contributed by atoms with Crippen molar-refractivity contribution in [2.75, 3.05) is 19.6 Å². The van der Waals surface area contributed by atoms with Gasteiger partial charge in [0.2, 0.25) is 5.91 Å². The van der Waals surface area contributed by atoms with Crippen LogP contribution in [0.4, 0.5) is 4.39 Å². The smallest absolute Gasteiger partial charge is 0.219 e. The SMILES string of the molecule is CC(=O)N1CC(OC2=CCC/C=C(\CCCC(=O)C(NCC(C)c3ccc(C#N)cc3)c3cccc(F)c3)C=C2)C1. The highest BCUT2D eigenvalue weighted by atomic mass is 19.1. The molecule has 2 aromatic rings. The van der Waals surface area contributed by atoms with Crippen molar-refractivity contribution in [2.24, 2.45) is 0 Å². The summed E-state index contributed by atoms with van der Waals surface area (Å²) in [6.07, 6.45) is 11.9. The third kappa shape index (κ3) is 8.73. The molecule has 214 valence electrons. The van der Waals surface area contributed by atoms with Crippen LogP contribution < -0.4 is 5.32 Å². The van der Waals surface area contributed by atoms with E-state index < -0.39 is 6.04 Å². The van der Waals surface area contributed by atoms with Gasteiger partial charge in [-0.15, -0.1) is 0 Å². The number of nitriles is 1. The van der Waals surface area contributed by atoms with Crippen LogP contribution in [0.3, 0.4) is 0 Å². The minimum atomic E-state index is -0.603. The summed E-state index contributed by atoms with van der Waals surface area (Å²) >= 11 is 0. The van der Waals surface area contributed by atoms with Gasteiger partial charge in [-0.2, -0.15) is 5.26 Å². The summed E-state index contributed by atoms with van der Waals surface area (Å²) in [4.78, 5) is 26.6. The van der Waals surface area contributed by atoms with Gasteiger partial charge < -0.3 is 15.0 Å². The van der Waals surface area contributed by atoms with Crippen LogP contribution >= 0.6 is 0 Å². The lowest BCUT2D eigenvalue weighted by molar-refractivity contribution is -0.139. The Kier molecular flexibility index (Phi) is 10.6. The molecule has 1 saturated heterocycles. The molecule has 7 heteroatoms. The van der Waals surface area contributed by atoms with Gasteiger partial charge in [0, 0.05) is 19.9 Å². The minimum absolute atomic E-state index is 0.0296. The number of benzene rings is 2. The molecule has 1 aliphatic heterocycles. The zero-order valence-corrected chi connectivity index (χ0v) is 23.8. The largest absolute Gasteiger partial charge is 0.487 e. The van der Waals surface area contributed by atoms with E-state index in [-0.39, 0.29) is 29.5 Å². The summed E-state index contributed by atoms with van der Waals surface area (Å²) in [6, 6.07) is 15.2. The fourth-order valence-corrected chi connectivity index (χ4v) is 5.07. The molecule has 2 atom stereocenters. The number of amides is 1. The molecule has 0 bridgehead atoms. The molecule has 0 spiro atoms. The van der Waals surface area contributed by atoms with Crippen molar-refractivity contribution in [1.29, 1.82) is 5.26 Å². The molecule has 6 nitrogen and oxygen atoms in total. The predicted molar refractivity (Wildman–Crippen MR) is 157 cm³/mol. The minimum Gasteiger partial charge on any atom is -0.487 e. The molecular formula is C34H38FN3O3. The molecule has 0 aromatic heterocycles. The first-order valence-electron chi connectivity index (χ1n) is 14.3. The topological polar surface area (TPSA) is 82.4 Å². The maximum atomic E-state index is 14.1. The highest BCUT2D eigenvalue weighted by Gasteiger charge is 2.30. The number of allylic oxidation sites excluding steroid dienone is 5. The third-order valence-corrected chi connectivity index (χ3v) is 7.61. The Balaban J connectivity index is 1.31. The Labute approximate surface area is 242 Å². The zero-order chi connectivity index (χ0) is 29.2. The first-order valence-corrected chi connectivity index (χ1v) is 14.3. The molecule has 2 aromatic carbocycles. The molecule has 1 amide bonds. The monoisotopic (exact) mass is 555 g/mol. The number of nitrogens with zero attached hydrogens (tertiary/aromatic N) is 2. The number of ether oxygens (including phenoxy) is 1. The van der Waals surface area contributed by atoms with Crippen molar-refractivity contribution in [1.82, 2.24) is 10.2 Å². The van der Waals surface area contributed by atoms with E-state index >= 15 is 0 Å². The number of hydrogen-bond acceptors (Lipinski definition) is 5. The highest BCUT2D eigenvalue weighted by molar-refractivity contribution is 5.85. The van der Waals surface area contributed by atoms with Crippen molar-refractivity contribution in [3.05, 3.63) is 107 Å². The summed E-state index contributed by atoms with van der Waals surface area (Å²) in [6.45, 7) is 5.41. The second-order valence-corrected chi connectivity index (χ2v) is 10.8. The van der Waals surface area contributed by atoms with Gasteiger partial charge in [-0.05, 0) is 79.1 Å². The normalized spacial score (nSPS) is 18.0. The van der Waals surface area contributed by atoms with Crippen LogP contribution in [0.1, 0.15) is 74.6 Å². The Morgan fingerprint density at radius 1 is 1.10 bits per heavy atom. The maximum Gasteiger partial charge on any atom is 0.219 e. The average molecular weight is 556 g/mol. The van der Waals surface area contributed by atoms with Crippen LogP contribution in [-0.4, -0.2) is 42.3 Å². The number of rotatable bonds is 12. The van der Waals surface area contributed by atoms with Gasteiger partial charge in [-0.25, -0.2) is 4.39 Å². The lowest BCUT2D eigenvalue weighted by atomic mass is 9.95. The molecule has 1 fully saturated rings. The average Bonchev–Trinajstić information content (AvgIpc) is 2.92. The molecule has 0 radical (unpaired) electrons. The van der Waals surface area contributed by atoms with E-state index in [9.17, 15) is 14.0 Å². The molecule has 2 unspecified atom stereocenters. The van der Waals surface area contributed by atoms with Crippen LogP contribution in [0.2, 0.25) is 0 Å². The van der Waals surface area contributed by atoms with Crippen molar-refractivity contribution >= 4 is 11.7 Å². The number of Topliss-reactive ketones (excluding diaryl/α,β-unsaturated/α-hetero) is 1. The van der Waals surface area contributed by atoms with Gasteiger partial charge in [0.05, 0.1) is 30.8 Å². The quantitative estimate of drug-likeness (QED) is 0.333. The number of likely N-dealkylation sites (tertiary alicyclic amines) is 1. The van der Waals surface area contributed by atoms with Crippen molar-refractivity contribution in [2.45, 2.75) is 64.0 Å². The van der Waals surface area contributed by atoms with E-state index in [1.165, 1.54) is 12.1 Å². The summed E-state index contributed by atoms with van der Waals surface area (Å²) in [5.41, 5.74) is 3.46. The Morgan fingerprint density at radius 2 is 1.85 bits per heavy atom. The van der Waals surface area contributed by atoms with Gasteiger partial charge in [0.25, 0.3) is 0 Å². The van der Waals surface area contributed by atoms with Crippen LogP contribution in [0, 0.1) is 17.1 Å². The molecule has 41 heavy (non-hydrogen) atoms. The van der Waals surface area contributed by atoms with Gasteiger partial charge in [0.1, 0.15) is 17.7 Å². The van der Waals surface area contributed by atoms with Crippen LogP contribution in [0.15, 0.2) is 84.2 Å². The molecular weight excluding hydrogens is 517 g/mol. The Hall–Kier alpha value is -4.02. The van der Waals surface area contributed by atoms with Crippen molar-refractivity contribution in [3.8, 4) is 6.07 Å². The standard InChI is InChI=1S/C34H38FN3O3/c1-24(28-16-13-27(20-36)14-17-28)21-37-34(29-9-6-10-30(35)19-29)33(40)12-5-8-26-7-3-4-11-31(18-15-26)41-32-22-38(23-32)25(2)39/h6-7,9-11,13-19,24,32,34,37H,3-5,8,12,21-23H2,1-2H3/b18-15?,26-7+,31-11?. The van der Waals surface area contributed by atoms with E-state index in [2.05, 4.69) is 36.5 Å². The van der Waals surface area contributed by atoms with Crippen molar-refractivity contribution in [3.63, 3.8) is 0 Å². The zero-order valence-electron chi connectivity index (χ0n) is 23.8. The number of nitrogens with one attached hydrogen (secondary N) is 1. The fraction of sp³-hybridized carbons (Fsp3) is 0.382. The molecule has 1 N–H and O–H groups in total. The van der Waals surface area contributed by atoms with Crippen LogP contribution in [0.5, 0.6) is 0 Å². The lowest BCUT2D eigenvalue weighted by Gasteiger charge is -2.38. The number of carbonyl (C=O) groups excluding carboxylic acids is 2. The summed E-state index contributed by atoms with van der Waals surface area (Å²) < 4.78 is 20.1. The van der Waals surface area contributed by atoms with E-state index in [1.54, 1.807) is 36.1 Å². The van der Waals surface area contributed by atoms with E-state index in [0.717, 1.165) is 36.2 Å². The second kappa shape index (κ2) is 14.6. The van der Waals surface area contributed by atoms with Gasteiger partial charge in [-0.3, -0.25) is 9.59 Å². The Bertz CT molecular complexity index is 1350. The van der Waals surface area contributed by atoms with Crippen LogP contribution in [0.25, 0.3) is 0 Å². The summed E-state index contributed by atoms with van der Waals surface area (Å²) in [5, 5.41) is 12.4. The summed E-state index contributed by atoms with van der Waals surface area (Å²) in [5.74, 6) is 0.664. The molecule has 1 heterocycles. The van der Waals surface area contributed by atoms with E-state index in [4.69, 9.17) is 10.00 Å². The van der Waals surface area contributed by atoms with Crippen molar-refractivity contribution < 1.29 is 18.7 Å². The lowest BCUT2D eigenvalue weighted by Crippen LogP contribution is -2.53. The maximum absolute atomic E-state index is 14.1. The number of ketones is 1. The van der Waals surface area contributed by atoms with E-state index in [1.807, 2.05) is 18.2 Å². The third-order valence-electron chi connectivity index (χ3n) is 7.61. The molecule has 2 aliphatic rings. The molecule has 0 saturated carbocycles.